The van der Waals surface area contributed by atoms with Crippen LogP contribution in [0.1, 0.15) is 77.4 Å². The van der Waals surface area contributed by atoms with E-state index in [2.05, 4.69) is 9.97 Å². The summed E-state index contributed by atoms with van der Waals surface area (Å²) in [6.07, 6.45) is 3.17. The Morgan fingerprint density at radius 2 is 1.88 bits per heavy atom. The number of ketones is 1. The van der Waals surface area contributed by atoms with E-state index in [1.54, 1.807) is 32.4 Å². The van der Waals surface area contributed by atoms with E-state index in [0.717, 1.165) is 5.01 Å². The number of imidazole rings is 1. The quantitative estimate of drug-likeness (QED) is 0.380. The molecule has 6 unspecified atom stereocenters. The smallest absolute Gasteiger partial charge is 0.309 e. The van der Waals surface area contributed by atoms with Crippen molar-refractivity contribution in [2.24, 2.45) is 24.3 Å². The molecule has 43 heavy (non-hydrogen) atoms. The van der Waals surface area contributed by atoms with Crippen LogP contribution in [0.4, 0.5) is 0 Å². The molecule has 0 bridgehead atoms. The fourth-order valence-corrected chi connectivity index (χ4v) is 8.43. The number of hydrogen-bond donors (Lipinski definition) is 2. The van der Waals surface area contributed by atoms with E-state index >= 15 is 0 Å². The van der Waals surface area contributed by atoms with Gasteiger partial charge >= 0.3 is 5.97 Å². The molecule has 0 radical (unpaired) electrons. The summed E-state index contributed by atoms with van der Waals surface area (Å²) in [4.78, 5) is 35.2. The lowest BCUT2D eigenvalue weighted by Crippen LogP contribution is -2.45. The van der Waals surface area contributed by atoms with Crippen LogP contribution in [0.25, 0.3) is 6.08 Å². The third kappa shape index (κ3) is 7.28. The maximum atomic E-state index is 13.7. The van der Waals surface area contributed by atoms with Crippen molar-refractivity contribution in [2.45, 2.75) is 109 Å². The number of aliphatic hydroxyl groups is 2. The summed E-state index contributed by atoms with van der Waals surface area (Å²) >= 11 is 1.49. The van der Waals surface area contributed by atoms with Crippen molar-refractivity contribution in [1.82, 2.24) is 18.8 Å². The zero-order valence-corrected chi connectivity index (χ0v) is 27.6. The van der Waals surface area contributed by atoms with Gasteiger partial charge in [-0.3, -0.25) is 9.59 Å². The van der Waals surface area contributed by atoms with Gasteiger partial charge in [-0.15, -0.1) is 11.3 Å². The number of carbonyl (C=O) groups is 2. The number of fused-ring (bicyclic) bond motifs is 1. The van der Waals surface area contributed by atoms with Crippen molar-refractivity contribution in [3.05, 3.63) is 34.2 Å². The molecular formula is C30H44N4O7S2. The van der Waals surface area contributed by atoms with Crippen LogP contribution >= 0.6 is 11.3 Å². The van der Waals surface area contributed by atoms with Crippen LogP contribution in [0.5, 0.6) is 0 Å². The van der Waals surface area contributed by atoms with E-state index in [4.69, 9.17) is 4.74 Å². The van der Waals surface area contributed by atoms with Crippen LogP contribution in [0.15, 0.2) is 28.5 Å². The Morgan fingerprint density at radius 3 is 2.49 bits per heavy atom. The van der Waals surface area contributed by atoms with Crippen molar-refractivity contribution < 1.29 is 33.0 Å². The third-order valence-electron chi connectivity index (χ3n) is 8.98. The molecular weight excluding hydrogens is 592 g/mol. The Hall–Kier alpha value is -2.45. The molecule has 238 valence electrons. The summed E-state index contributed by atoms with van der Waals surface area (Å²) in [6, 6.07) is -0.788. The van der Waals surface area contributed by atoms with Gasteiger partial charge in [0.2, 0.25) is 0 Å². The molecule has 0 spiro atoms. The average Bonchev–Trinajstić information content (AvgIpc) is 3.19. The highest BCUT2D eigenvalue weighted by atomic mass is 32.2. The van der Waals surface area contributed by atoms with Gasteiger partial charge in [-0.05, 0) is 44.3 Å². The number of cyclic esters (lactones) is 1. The third-order valence-corrected chi connectivity index (χ3v) is 11.6. The molecule has 2 saturated heterocycles. The Labute approximate surface area is 258 Å². The molecule has 2 aliphatic heterocycles. The lowest BCUT2D eigenvalue weighted by Gasteiger charge is -2.34. The first-order chi connectivity index (χ1) is 20.0. The highest BCUT2D eigenvalue weighted by Gasteiger charge is 2.56. The number of hydrogen-bond acceptors (Lipinski definition) is 10. The van der Waals surface area contributed by atoms with Crippen LogP contribution in [-0.4, -0.2) is 79.6 Å². The maximum absolute atomic E-state index is 13.7. The van der Waals surface area contributed by atoms with E-state index < -0.39 is 58.1 Å². The number of rotatable bonds is 4. The normalized spacial score (nSPS) is 33.1. The second kappa shape index (κ2) is 12.9. The number of thiazole rings is 1. The zero-order valence-electron chi connectivity index (χ0n) is 25.9. The van der Waals surface area contributed by atoms with Gasteiger partial charge in [0.15, 0.2) is 5.03 Å². The first-order valence-corrected chi connectivity index (χ1v) is 17.1. The molecule has 2 aromatic heterocycles. The van der Waals surface area contributed by atoms with Crippen molar-refractivity contribution >= 4 is 39.2 Å². The lowest BCUT2D eigenvalue weighted by molar-refractivity contribution is -0.154. The predicted molar refractivity (Wildman–Crippen MR) is 162 cm³/mol. The number of aromatic nitrogens is 3. The van der Waals surface area contributed by atoms with E-state index in [9.17, 15) is 28.2 Å². The molecule has 0 saturated carbocycles. The highest BCUT2D eigenvalue weighted by molar-refractivity contribution is 7.89. The summed E-state index contributed by atoms with van der Waals surface area (Å²) in [7, 11) is -2.21. The number of esters is 1. The second-order valence-corrected chi connectivity index (χ2v) is 15.6. The van der Waals surface area contributed by atoms with Crippen molar-refractivity contribution in [1.29, 1.82) is 0 Å². The summed E-state index contributed by atoms with van der Waals surface area (Å²) in [6.45, 7) is 10.4. The molecule has 0 aromatic carbocycles. The lowest BCUT2D eigenvalue weighted by atomic mass is 9.73. The van der Waals surface area contributed by atoms with Crippen LogP contribution in [0.2, 0.25) is 0 Å². The second-order valence-electron chi connectivity index (χ2n) is 12.7. The van der Waals surface area contributed by atoms with Crippen molar-refractivity contribution in [3.63, 3.8) is 0 Å². The zero-order chi connectivity index (χ0) is 31.9. The Morgan fingerprint density at radius 1 is 1.19 bits per heavy atom. The van der Waals surface area contributed by atoms with Crippen LogP contribution < -0.4 is 0 Å². The highest BCUT2D eigenvalue weighted by Crippen LogP contribution is 2.43. The van der Waals surface area contributed by atoms with E-state index in [1.165, 1.54) is 28.2 Å². The molecule has 4 heterocycles. The average molecular weight is 637 g/mol. The van der Waals surface area contributed by atoms with Gasteiger partial charge in [-0.25, -0.2) is 18.4 Å². The predicted octanol–water partition coefficient (Wildman–Crippen LogP) is 3.50. The summed E-state index contributed by atoms with van der Waals surface area (Å²) < 4.78 is 36.3. The topological polar surface area (TPSA) is 152 Å². The molecule has 8 atom stereocenters. The minimum Gasteiger partial charge on any atom is -0.458 e. The molecule has 2 aliphatic rings. The van der Waals surface area contributed by atoms with Crippen molar-refractivity contribution in [3.8, 4) is 0 Å². The minimum atomic E-state index is -3.91. The van der Waals surface area contributed by atoms with Gasteiger partial charge in [-0.1, -0.05) is 34.1 Å². The largest absolute Gasteiger partial charge is 0.458 e. The Kier molecular flexibility index (Phi) is 10.0. The standard InChI is InChI=1S/C30H44N4O7S2/c1-17-9-8-10-22-23(34(22)43(39,40)26-14-33(7)16-31-26)12-24(18(2)11-21-15-42-20(4)32-21)41-27(36)13-25(35)30(5,6)29(38)19(3)28(17)37/h11,14-17,19,22-25,28,35,37H,8-10,12-13H2,1-7H3/b18-11+/t17?,19?,22?,23-,24?,25?,28-,34?/m0/s1. The Balaban J connectivity index is 1.69. The Bertz CT molecular complexity index is 1460. The molecule has 0 amide bonds. The monoisotopic (exact) mass is 636 g/mol. The van der Waals surface area contributed by atoms with Gasteiger partial charge in [0, 0.05) is 43.0 Å². The number of Topliss-reactive ketones (excluding diaryl/α,β-unsaturated/α-hetero) is 1. The van der Waals surface area contributed by atoms with Crippen LogP contribution in [0.3, 0.4) is 0 Å². The van der Waals surface area contributed by atoms with Crippen LogP contribution in [0, 0.1) is 24.2 Å². The van der Waals surface area contributed by atoms with Crippen LogP contribution in [-0.2, 0) is 31.4 Å². The minimum absolute atomic E-state index is 0.0476. The number of ether oxygens (including phenoxy) is 1. The van der Waals surface area contributed by atoms with Gasteiger partial charge in [0.25, 0.3) is 10.0 Å². The number of nitrogens with zero attached hydrogens (tertiary/aromatic N) is 4. The number of sulfonamides is 1. The fourth-order valence-electron chi connectivity index (χ4n) is 6.03. The van der Waals surface area contributed by atoms with E-state index in [-0.39, 0.29) is 29.2 Å². The summed E-state index contributed by atoms with van der Waals surface area (Å²) in [5.74, 6) is -2.04. The van der Waals surface area contributed by atoms with Gasteiger partial charge in [-0.2, -0.15) is 4.31 Å². The van der Waals surface area contributed by atoms with E-state index in [1.807, 2.05) is 32.2 Å². The first kappa shape index (κ1) is 33.4. The molecule has 4 rings (SSSR count). The molecule has 11 nitrogen and oxygen atoms in total. The molecule has 0 aliphatic carbocycles. The maximum Gasteiger partial charge on any atom is 0.309 e. The SMILES string of the molecule is C/C(=C\c1csc(C)n1)C1C[C@H]2C(CCCC(C)[C@H](O)C(C)C(=O)C(C)(C)C(O)CC(=O)O1)N2S(=O)(=O)c1cn(C)cn1. The van der Waals surface area contributed by atoms with Gasteiger partial charge in [0.05, 0.1) is 41.1 Å². The molecule has 2 aromatic rings. The summed E-state index contributed by atoms with van der Waals surface area (Å²) in [5, 5.41) is 24.8. The number of aryl methyl sites for hydroxylation is 2. The van der Waals surface area contributed by atoms with Crippen molar-refractivity contribution in [2.75, 3.05) is 0 Å². The molecule has 13 heteroatoms. The number of carbonyl (C=O) groups excluding carboxylic acids is 2. The number of aliphatic hydroxyl groups excluding tert-OH is 2. The molecule has 2 fully saturated rings. The first-order valence-electron chi connectivity index (χ1n) is 14.8. The molecule has 2 N–H and O–H groups in total. The van der Waals surface area contributed by atoms with Gasteiger partial charge in [0.1, 0.15) is 11.9 Å². The summed E-state index contributed by atoms with van der Waals surface area (Å²) in [5.41, 5.74) is 0.0988. The van der Waals surface area contributed by atoms with Gasteiger partial charge < -0.3 is 19.5 Å². The fraction of sp³-hybridized carbons (Fsp3) is 0.667. The van der Waals surface area contributed by atoms with E-state index in [0.29, 0.717) is 30.5 Å².